The van der Waals surface area contributed by atoms with Gasteiger partial charge in [-0.25, -0.2) is 0 Å². The van der Waals surface area contributed by atoms with Crippen LogP contribution in [0.4, 0.5) is 5.69 Å². The van der Waals surface area contributed by atoms with Gasteiger partial charge in [0.2, 0.25) is 0 Å². The fourth-order valence-corrected chi connectivity index (χ4v) is 1.84. The monoisotopic (exact) mass is 276 g/mol. The van der Waals surface area contributed by atoms with E-state index >= 15 is 0 Å². The van der Waals surface area contributed by atoms with Crippen LogP contribution >= 0.6 is 11.6 Å². The summed E-state index contributed by atoms with van der Waals surface area (Å²) in [4.78, 5) is 17.8. The highest BCUT2D eigenvalue weighted by atomic mass is 35.5. The molecule has 0 aliphatic heterocycles. The molecule has 19 heavy (non-hydrogen) atoms. The van der Waals surface area contributed by atoms with Crippen molar-refractivity contribution in [2.24, 2.45) is 0 Å². The average Bonchev–Trinajstić information content (AvgIpc) is 2.46. The molecule has 1 amide bonds. The Morgan fingerprint density at radius 2 is 2.16 bits per heavy atom. The van der Waals surface area contributed by atoms with Crippen LogP contribution in [0.25, 0.3) is 0 Å². The van der Waals surface area contributed by atoms with E-state index in [1.807, 2.05) is 18.2 Å². The summed E-state index contributed by atoms with van der Waals surface area (Å²) in [6.45, 7) is 0. The summed E-state index contributed by atoms with van der Waals surface area (Å²) in [5, 5.41) is 0.384. The smallest absolute Gasteiger partial charge is 0.261 e. The number of carbonyl (C=O) groups is 1. The van der Waals surface area contributed by atoms with Gasteiger partial charge in [-0.2, -0.15) is 0 Å². The predicted octanol–water partition coefficient (Wildman–Crippen LogP) is 3.02. The van der Waals surface area contributed by atoms with Crippen LogP contribution in [0.15, 0.2) is 42.7 Å². The maximum absolute atomic E-state index is 12.3. The van der Waals surface area contributed by atoms with Gasteiger partial charge in [-0.1, -0.05) is 17.7 Å². The third-order valence-corrected chi connectivity index (χ3v) is 3.07. The zero-order valence-corrected chi connectivity index (χ0v) is 11.4. The largest absolute Gasteiger partial charge is 0.497 e. The Bertz CT molecular complexity index is 602. The van der Waals surface area contributed by atoms with Crippen molar-refractivity contribution in [2.75, 3.05) is 19.1 Å². The first-order valence-electron chi connectivity index (χ1n) is 5.65. The lowest BCUT2D eigenvalue weighted by Crippen LogP contribution is -2.26. The highest BCUT2D eigenvalue weighted by molar-refractivity contribution is 6.34. The zero-order valence-electron chi connectivity index (χ0n) is 10.6. The minimum absolute atomic E-state index is 0.216. The lowest BCUT2D eigenvalue weighted by molar-refractivity contribution is 0.0993. The van der Waals surface area contributed by atoms with Gasteiger partial charge in [0.05, 0.1) is 17.7 Å². The number of carbonyl (C=O) groups excluding carboxylic acids is 1. The summed E-state index contributed by atoms with van der Waals surface area (Å²) in [5.41, 5.74) is 1.10. The average molecular weight is 277 g/mol. The number of halogens is 1. The molecule has 2 aromatic rings. The van der Waals surface area contributed by atoms with Gasteiger partial charge in [-0.05, 0) is 18.2 Å². The topological polar surface area (TPSA) is 42.4 Å². The Labute approximate surface area is 116 Å². The number of amides is 1. The molecule has 0 radical (unpaired) electrons. The Kier molecular flexibility index (Phi) is 4.02. The van der Waals surface area contributed by atoms with Crippen LogP contribution in [0.2, 0.25) is 5.02 Å². The molecule has 4 nitrogen and oxygen atoms in total. The first kappa shape index (κ1) is 13.4. The van der Waals surface area contributed by atoms with Crippen LogP contribution in [0, 0.1) is 0 Å². The number of methoxy groups -OCH3 is 1. The number of benzene rings is 1. The van der Waals surface area contributed by atoms with Crippen molar-refractivity contribution in [1.82, 2.24) is 4.98 Å². The van der Waals surface area contributed by atoms with Crippen molar-refractivity contribution in [2.45, 2.75) is 0 Å². The third kappa shape index (κ3) is 2.85. The van der Waals surface area contributed by atoms with Gasteiger partial charge in [0.15, 0.2) is 0 Å². The second-order valence-electron chi connectivity index (χ2n) is 3.92. The molecule has 0 saturated heterocycles. The van der Waals surface area contributed by atoms with E-state index in [2.05, 4.69) is 4.98 Å². The van der Waals surface area contributed by atoms with Gasteiger partial charge in [-0.15, -0.1) is 0 Å². The van der Waals surface area contributed by atoms with Crippen molar-refractivity contribution >= 4 is 23.2 Å². The van der Waals surface area contributed by atoms with E-state index in [0.29, 0.717) is 16.3 Å². The first-order chi connectivity index (χ1) is 9.13. The molecule has 0 unspecified atom stereocenters. The highest BCUT2D eigenvalue weighted by Gasteiger charge is 2.16. The van der Waals surface area contributed by atoms with E-state index in [0.717, 1.165) is 5.69 Å². The fourth-order valence-electron chi connectivity index (χ4n) is 1.65. The molecule has 0 saturated carbocycles. The molecule has 0 aliphatic carbocycles. The molecule has 1 aromatic heterocycles. The Balaban J connectivity index is 2.31. The van der Waals surface area contributed by atoms with Gasteiger partial charge in [0.25, 0.3) is 5.91 Å². The zero-order chi connectivity index (χ0) is 13.8. The van der Waals surface area contributed by atoms with Gasteiger partial charge in [-0.3, -0.25) is 9.78 Å². The normalized spacial score (nSPS) is 10.1. The molecule has 98 valence electrons. The van der Waals surface area contributed by atoms with Crippen LogP contribution in [-0.2, 0) is 0 Å². The number of hydrogen-bond donors (Lipinski definition) is 0. The van der Waals surface area contributed by atoms with Crippen LogP contribution < -0.4 is 9.64 Å². The minimum Gasteiger partial charge on any atom is -0.497 e. The number of anilines is 1. The van der Waals surface area contributed by atoms with Crippen molar-refractivity contribution < 1.29 is 9.53 Å². The molecular weight excluding hydrogens is 264 g/mol. The van der Waals surface area contributed by atoms with Crippen LogP contribution in [0.5, 0.6) is 5.75 Å². The molecule has 0 aliphatic rings. The Hall–Kier alpha value is -2.07. The summed E-state index contributed by atoms with van der Waals surface area (Å²) < 4.78 is 5.14. The number of rotatable bonds is 3. The van der Waals surface area contributed by atoms with E-state index < -0.39 is 0 Å². The quantitative estimate of drug-likeness (QED) is 0.865. The lowest BCUT2D eigenvalue weighted by Gasteiger charge is -2.18. The predicted molar refractivity (Wildman–Crippen MR) is 75.0 cm³/mol. The SMILES string of the molecule is COc1cccc(N(C)C(=O)c2cnccc2Cl)c1. The Morgan fingerprint density at radius 3 is 2.84 bits per heavy atom. The molecule has 0 bridgehead atoms. The van der Waals surface area contributed by atoms with E-state index in [-0.39, 0.29) is 5.91 Å². The minimum atomic E-state index is -0.216. The third-order valence-electron chi connectivity index (χ3n) is 2.74. The molecule has 0 spiro atoms. The molecule has 0 N–H and O–H groups in total. The summed E-state index contributed by atoms with van der Waals surface area (Å²) in [6.07, 6.45) is 3.01. The summed E-state index contributed by atoms with van der Waals surface area (Å²) in [6, 6.07) is 8.84. The van der Waals surface area contributed by atoms with E-state index in [1.165, 1.54) is 11.1 Å². The second kappa shape index (κ2) is 5.71. The molecule has 1 aromatic carbocycles. The van der Waals surface area contributed by atoms with Crippen LogP contribution in [0.3, 0.4) is 0 Å². The van der Waals surface area contributed by atoms with Crippen LogP contribution in [0.1, 0.15) is 10.4 Å². The maximum atomic E-state index is 12.3. The molecule has 5 heteroatoms. The van der Waals surface area contributed by atoms with Crippen molar-refractivity contribution in [1.29, 1.82) is 0 Å². The van der Waals surface area contributed by atoms with Crippen molar-refractivity contribution in [3.8, 4) is 5.75 Å². The van der Waals surface area contributed by atoms with Crippen LogP contribution in [-0.4, -0.2) is 25.0 Å². The van der Waals surface area contributed by atoms with Crippen molar-refractivity contribution in [3.63, 3.8) is 0 Å². The van der Waals surface area contributed by atoms with Crippen molar-refractivity contribution in [3.05, 3.63) is 53.3 Å². The molecule has 0 fully saturated rings. The summed E-state index contributed by atoms with van der Waals surface area (Å²) in [7, 11) is 3.26. The maximum Gasteiger partial charge on any atom is 0.261 e. The standard InChI is InChI=1S/C14H13ClN2O2/c1-17(10-4-3-5-11(8-10)19-2)14(18)12-9-16-7-6-13(12)15/h3-9H,1-2H3. The fraction of sp³-hybridized carbons (Fsp3) is 0.143. The first-order valence-corrected chi connectivity index (χ1v) is 6.03. The summed E-state index contributed by atoms with van der Waals surface area (Å²) in [5.74, 6) is 0.473. The molecular formula is C14H13ClN2O2. The van der Waals surface area contributed by atoms with Gasteiger partial charge >= 0.3 is 0 Å². The van der Waals surface area contributed by atoms with E-state index in [4.69, 9.17) is 16.3 Å². The van der Waals surface area contributed by atoms with Gasteiger partial charge < -0.3 is 9.64 Å². The molecule has 2 rings (SSSR count). The number of ether oxygens (including phenoxy) is 1. The molecule has 1 heterocycles. The van der Waals surface area contributed by atoms with Gasteiger partial charge in [0, 0.05) is 31.2 Å². The number of hydrogen-bond acceptors (Lipinski definition) is 3. The summed E-state index contributed by atoms with van der Waals surface area (Å²) >= 11 is 6.00. The Morgan fingerprint density at radius 1 is 1.37 bits per heavy atom. The number of nitrogens with zero attached hydrogens (tertiary/aromatic N) is 2. The second-order valence-corrected chi connectivity index (χ2v) is 4.33. The van der Waals surface area contributed by atoms with E-state index in [9.17, 15) is 4.79 Å². The van der Waals surface area contributed by atoms with E-state index in [1.54, 1.807) is 32.5 Å². The highest BCUT2D eigenvalue weighted by Crippen LogP contribution is 2.23. The number of aromatic nitrogens is 1. The molecule has 0 atom stereocenters. The number of pyridine rings is 1. The lowest BCUT2D eigenvalue weighted by atomic mass is 10.2. The van der Waals surface area contributed by atoms with Gasteiger partial charge in [0.1, 0.15) is 5.75 Å².